The number of pyridine rings is 1. The van der Waals surface area contributed by atoms with Crippen LogP contribution in [0.2, 0.25) is 0 Å². The van der Waals surface area contributed by atoms with Gasteiger partial charge in [0.15, 0.2) is 0 Å². The van der Waals surface area contributed by atoms with Gasteiger partial charge in [0, 0.05) is 42.7 Å². The molecule has 0 spiro atoms. The van der Waals surface area contributed by atoms with Gasteiger partial charge in [-0.3, -0.25) is 14.7 Å². The minimum atomic E-state index is -1.26. The summed E-state index contributed by atoms with van der Waals surface area (Å²) in [5.74, 6) is -2.51. The normalized spacial score (nSPS) is 10.4. The van der Waals surface area contributed by atoms with Gasteiger partial charge in [0.1, 0.15) is 0 Å². The lowest BCUT2D eigenvalue weighted by Gasteiger charge is -2.26. The van der Waals surface area contributed by atoms with Gasteiger partial charge in [-0.15, -0.1) is 0 Å². The molecular formula is C20H21N3O4. The van der Waals surface area contributed by atoms with E-state index in [1.54, 1.807) is 0 Å². The van der Waals surface area contributed by atoms with Crippen molar-refractivity contribution in [2.45, 2.75) is 13.3 Å². The molecule has 3 rings (SSSR count). The van der Waals surface area contributed by atoms with Gasteiger partial charge < -0.3 is 10.2 Å². The first-order chi connectivity index (χ1) is 13.0. The third-order valence-corrected chi connectivity index (χ3v) is 3.60. The van der Waals surface area contributed by atoms with E-state index in [4.69, 9.17) is 10.2 Å². The molecule has 0 bridgehead atoms. The molecule has 0 fully saturated rings. The number of benzene rings is 1. The monoisotopic (exact) mass is 367 g/mol. The fourth-order valence-corrected chi connectivity index (χ4v) is 2.51. The molecule has 140 valence electrons. The van der Waals surface area contributed by atoms with E-state index >= 15 is 0 Å². The summed E-state index contributed by atoms with van der Waals surface area (Å²) >= 11 is 0. The minimum Gasteiger partial charge on any atom is -0.478 e. The fraction of sp³-hybridized carbons (Fsp3) is 0.150. The summed E-state index contributed by atoms with van der Waals surface area (Å²) in [6.07, 6.45) is 8.01. The SMILES string of the molecule is CCCN(c1ccncc1)n1ccc2ccccc21.O=C(O)C=CC(=O)O. The molecule has 0 aliphatic rings. The highest BCUT2D eigenvalue weighted by Crippen LogP contribution is 2.21. The van der Waals surface area contributed by atoms with E-state index in [9.17, 15) is 9.59 Å². The zero-order chi connectivity index (χ0) is 19.6. The van der Waals surface area contributed by atoms with Crippen molar-refractivity contribution in [3.8, 4) is 0 Å². The van der Waals surface area contributed by atoms with E-state index in [2.05, 4.69) is 58.1 Å². The van der Waals surface area contributed by atoms with Crippen LogP contribution in [0.25, 0.3) is 10.9 Å². The molecule has 2 heterocycles. The van der Waals surface area contributed by atoms with E-state index < -0.39 is 11.9 Å². The highest BCUT2D eigenvalue weighted by atomic mass is 16.4. The van der Waals surface area contributed by atoms with Crippen LogP contribution in [0.1, 0.15) is 13.3 Å². The second kappa shape index (κ2) is 9.76. The van der Waals surface area contributed by atoms with Crippen LogP contribution in [0.15, 0.2) is 73.2 Å². The molecule has 0 saturated heterocycles. The number of nitrogens with zero attached hydrogens (tertiary/aromatic N) is 3. The number of para-hydroxylation sites is 1. The quantitative estimate of drug-likeness (QED) is 0.648. The molecule has 0 atom stereocenters. The van der Waals surface area contributed by atoms with E-state index in [0.717, 1.165) is 13.0 Å². The van der Waals surface area contributed by atoms with Crippen LogP contribution in [-0.2, 0) is 9.59 Å². The van der Waals surface area contributed by atoms with Gasteiger partial charge in [-0.2, -0.15) is 0 Å². The number of hydrogen-bond donors (Lipinski definition) is 2. The lowest BCUT2D eigenvalue weighted by Crippen LogP contribution is -2.29. The number of carboxylic acid groups (broad SMARTS) is 2. The van der Waals surface area contributed by atoms with Crippen molar-refractivity contribution in [3.63, 3.8) is 0 Å². The van der Waals surface area contributed by atoms with Gasteiger partial charge in [-0.05, 0) is 30.7 Å². The number of hydrogen-bond acceptors (Lipinski definition) is 4. The van der Waals surface area contributed by atoms with Crippen LogP contribution in [0.4, 0.5) is 5.69 Å². The molecule has 0 amide bonds. The van der Waals surface area contributed by atoms with Crippen molar-refractivity contribution in [1.82, 2.24) is 9.66 Å². The Balaban J connectivity index is 0.000000279. The molecule has 7 heteroatoms. The van der Waals surface area contributed by atoms with Gasteiger partial charge >= 0.3 is 11.9 Å². The van der Waals surface area contributed by atoms with Crippen molar-refractivity contribution in [2.24, 2.45) is 0 Å². The lowest BCUT2D eigenvalue weighted by atomic mass is 10.2. The topological polar surface area (TPSA) is 95.7 Å². The summed E-state index contributed by atoms with van der Waals surface area (Å²) in [6.45, 7) is 3.17. The van der Waals surface area contributed by atoms with E-state index in [0.29, 0.717) is 12.2 Å². The lowest BCUT2D eigenvalue weighted by molar-refractivity contribution is -0.134. The molecule has 0 radical (unpaired) electrons. The number of anilines is 1. The largest absolute Gasteiger partial charge is 0.478 e. The highest BCUT2D eigenvalue weighted by Gasteiger charge is 2.09. The molecule has 2 aromatic heterocycles. The summed E-state index contributed by atoms with van der Waals surface area (Å²) in [6, 6.07) is 14.7. The molecule has 0 aliphatic heterocycles. The molecule has 0 aliphatic carbocycles. The predicted octanol–water partition coefficient (Wildman–Crippen LogP) is 3.43. The van der Waals surface area contributed by atoms with Crippen LogP contribution in [0, 0.1) is 0 Å². The molecule has 0 unspecified atom stereocenters. The molecule has 0 saturated carbocycles. The Morgan fingerprint density at radius 1 is 1.04 bits per heavy atom. The number of fused-ring (bicyclic) bond motifs is 1. The molecule has 2 N–H and O–H groups in total. The first-order valence-corrected chi connectivity index (χ1v) is 8.40. The third-order valence-electron chi connectivity index (χ3n) is 3.60. The van der Waals surface area contributed by atoms with Crippen LogP contribution >= 0.6 is 0 Å². The van der Waals surface area contributed by atoms with E-state index in [1.807, 2.05) is 24.5 Å². The maximum absolute atomic E-state index is 9.55. The second-order valence-corrected chi connectivity index (χ2v) is 5.56. The first kappa shape index (κ1) is 19.7. The van der Waals surface area contributed by atoms with Gasteiger partial charge in [0.2, 0.25) is 0 Å². The third kappa shape index (κ3) is 5.71. The Morgan fingerprint density at radius 2 is 1.67 bits per heavy atom. The Bertz CT molecular complexity index is 903. The summed E-state index contributed by atoms with van der Waals surface area (Å²) in [5, 5.41) is 19.2. The van der Waals surface area contributed by atoms with Crippen molar-refractivity contribution in [3.05, 3.63) is 73.2 Å². The molecular weight excluding hydrogens is 346 g/mol. The van der Waals surface area contributed by atoms with Crippen LogP contribution in [0.3, 0.4) is 0 Å². The van der Waals surface area contributed by atoms with Crippen LogP contribution in [0.5, 0.6) is 0 Å². The number of aromatic nitrogens is 2. The van der Waals surface area contributed by atoms with Crippen molar-refractivity contribution >= 4 is 28.5 Å². The maximum atomic E-state index is 9.55. The highest BCUT2D eigenvalue weighted by molar-refractivity contribution is 5.89. The Hall–Kier alpha value is -3.61. The van der Waals surface area contributed by atoms with Gasteiger partial charge in [0.05, 0.1) is 11.2 Å². The summed E-state index contributed by atoms with van der Waals surface area (Å²) in [5.41, 5.74) is 2.39. The number of aliphatic carboxylic acids is 2. The average Bonchev–Trinajstić information content (AvgIpc) is 3.09. The van der Waals surface area contributed by atoms with E-state index in [1.165, 1.54) is 16.6 Å². The van der Waals surface area contributed by atoms with E-state index in [-0.39, 0.29) is 0 Å². The molecule has 1 aromatic carbocycles. The molecule has 3 aromatic rings. The number of carbonyl (C=O) groups is 2. The Labute approximate surface area is 156 Å². The second-order valence-electron chi connectivity index (χ2n) is 5.56. The van der Waals surface area contributed by atoms with Crippen LogP contribution in [-0.4, -0.2) is 38.4 Å². The van der Waals surface area contributed by atoms with Crippen molar-refractivity contribution in [2.75, 3.05) is 11.6 Å². The zero-order valence-electron chi connectivity index (χ0n) is 14.9. The first-order valence-electron chi connectivity index (χ1n) is 8.40. The summed E-state index contributed by atoms with van der Waals surface area (Å²) < 4.78 is 2.22. The molecule has 7 nitrogen and oxygen atoms in total. The summed E-state index contributed by atoms with van der Waals surface area (Å²) in [4.78, 5) is 23.2. The number of carboxylic acids is 2. The van der Waals surface area contributed by atoms with Gasteiger partial charge in [0.25, 0.3) is 0 Å². The average molecular weight is 367 g/mol. The Kier molecular flexibility index (Phi) is 7.13. The fourth-order valence-electron chi connectivity index (χ4n) is 2.51. The summed E-state index contributed by atoms with van der Waals surface area (Å²) in [7, 11) is 0. The van der Waals surface area contributed by atoms with Crippen LogP contribution < -0.4 is 5.01 Å². The Morgan fingerprint density at radius 3 is 2.26 bits per heavy atom. The zero-order valence-corrected chi connectivity index (χ0v) is 14.9. The van der Waals surface area contributed by atoms with Gasteiger partial charge in [-0.25, -0.2) is 9.59 Å². The standard InChI is InChI=1S/C16H17N3.C4H4O4/c1-2-12-18(15-7-10-17-11-8-15)19-13-9-14-5-3-4-6-16(14)19;5-3(6)1-2-4(7)8/h3-11,13H,2,12H2,1H3;1-2H,(H,5,6)(H,7,8). The smallest absolute Gasteiger partial charge is 0.328 e. The molecule has 27 heavy (non-hydrogen) atoms. The number of rotatable bonds is 6. The maximum Gasteiger partial charge on any atom is 0.328 e. The van der Waals surface area contributed by atoms with Crippen molar-refractivity contribution in [1.29, 1.82) is 0 Å². The van der Waals surface area contributed by atoms with Crippen molar-refractivity contribution < 1.29 is 19.8 Å². The predicted molar refractivity (Wildman–Crippen MR) is 104 cm³/mol. The van der Waals surface area contributed by atoms with Gasteiger partial charge in [-0.1, -0.05) is 25.1 Å². The minimum absolute atomic E-state index is 0.558.